The fourth-order valence-electron chi connectivity index (χ4n) is 1.39. The molecule has 2 rings (SSSR count). The molecule has 0 amide bonds. The van der Waals surface area contributed by atoms with Crippen molar-refractivity contribution in [3.05, 3.63) is 30.7 Å². The number of benzene rings is 1. The minimum Gasteiger partial charge on any atom is -0.394 e. The van der Waals surface area contributed by atoms with Gasteiger partial charge in [0.2, 0.25) is 0 Å². The molecule has 1 atom stereocenters. The van der Waals surface area contributed by atoms with Crippen molar-refractivity contribution in [1.29, 1.82) is 0 Å². The van der Waals surface area contributed by atoms with E-state index in [0.717, 1.165) is 16.6 Å². The number of nitrogens with zero attached hydrogens (tertiary/aromatic N) is 2. The van der Waals surface area contributed by atoms with Gasteiger partial charge >= 0.3 is 0 Å². The summed E-state index contributed by atoms with van der Waals surface area (Å²) in [5.74, 6) is 0. The highest BCUT2D eigenvalue weighted by Gasteiger charge is 2.02. The smallest absolute Gasteiger partial charge is 0.116 e. The van der Waals surface area contributed by atoms with E-state index in [4.69, 9.17) is 5.11 Å². The van der Waals surface area contributed by atoms with E-state index in [1.165, 1.54) is 6.33 Å². The van der Waals surface area contributed by atoms with E-state index in [-0.39, 0.29) is 6.61 Å². The standard InChI is InChI=1S/C11H13N3O2/c15-6-10(16)5-13-9-1-2-11-8(3-9)4-12-7-14-11/h1-4,7,10,13,15-16H,5-6H2. The molecular formula is C11H13N3O2. The van der Waals surface area contributed by atoms with Crippen molar-refractivity contribution in [2.24, 2.45) is 0 Å². The summed E-state index contributed by atoms with van der Waals surface area (Å²) in [4.78, 5) is 8.04. The van der Waals surface area contributed by atoms with Gasteiger partial charge in [-0.15, -0.1) is 0 Å². The van der Waals surface area contributed by atoms with E-state index in [1.54, 1.807) is 6.20 Å². The van der Waals surface area contributed by atoms with Gasteiger partial charge in [0.25, 0.3) is 0 Å². The number of hydrogen-bond acceptors (Lipinski definition) is 5. The third kappa shape index (κ3) is 2.44. The zero-order valence-corrected chi connectivity index (χ0v) is 8.67. The Morgan fingerprint density at radius 1 is 1.38 bits per heavy atom. The Morgan fingerprint density at radius 3 is 3.06 bits per heavy atom. The van der Waals surface area contributed by atoms with Gasteiger partial charge < -0.3 is 15.5 Å². The van der Waals surface area contributed by atoms with Crippen LogP contribution in [-0.4, -0.2) is 39.4 Å². The van der Waals surface area contributed by atoms with Gasteiger partial charge in [-0.2, -0.15) is 0 Å². The summed E-state index contributed by atoms with van der Waals surface area (Å²) in [7, 11) is 0. The molecule has 0 fully saturated rings. The number of rotatable bonds is 4. The van der Waals surface area contributed by atoms with E-state index < -0.39 is 6.10 Å². The third-order valence-electron chi connectivity index (χ3n) is 2.26. The van der Waals surface area contributed by atoms with E-state index in [0.29, 0.717) is 6.54 Å². The Kier molecular flexibility index (Phi) is 3.28. The fraction of sp³-hybridized carbons (Fsp3) is 0.273. The quantitative estimate of drug-likeness (QED) is 0.693. The number of aliphatic hydroxyl groups excluding tert-OH is 2. The van der Waals surface area contributed by atoms with Crippen LogP contribution in [0.25, 0.3) is 10.9 Å². The molecule has 16 heavy (non-hydrogen) atoms. The van der Waals surface area contributed by atoms with Crippen LogP contribution in [0.5, 0.6) is 0 Å². The second-order valence-corrected chi connectivity index (χ2v) is 3.51. The first-order valence-corrected chi connectivity index (χ1v) is 5.02. The molecular weight excluding hydrogens is 206 g/mol. The largest absolute Gasteiger partial charge is 0.394 e. The monoisotopic (exact) mass is 219 g/mol. The Morgan fingerprint density at radius 2 is 2.25 bits per heavy atom. The number of aliphatic hydroxyl groups is 2. The van der Waals surface area contributed by atoms with E-state index >= 15 is 0 Å². The summed E-state index contributed by atoms with van der Waals surface area (Å²) in [6.45, 7) is 0.0688. The minimum atomic E-state index is -0.747. The molecule has 0 aliphatic carbocycles. The zero-order valence-electron chi connectivity index (χ0n) is 8.67. The summed E-state index contributed by atoms with van der Waals surface area (Å²) in [6.07, 6.45) is 2.49. The lowest BCUT2D eigenvalue weighted by molar-refractivity contribution is 0.105. The van der Waals surface area contributed by atoms with Crippen molar-refractivity contribution in [1.82, 2.24) is 9.97 Å². The van der Waals surface area contributed by atoms with Gasteiger partial charge in [-0.25, -0.2) is 9.97 Å². The molecule has 2 aromatic rings. The van der Waals surface area contributed by atoms with Gasteiger partial charge in [-0.3, -0.25) is 0 Å². The van der Waals surface area contributed by atoms with Crippen molar-refractivity contribution < 1.29 is 10.2 Å². The van der Waals surface area contributed by atoms with Gasteiger partial charge in [0.15, 0.2) is 0 Å². The molecule has 1 heterocycles. The molecule has 3 N–H and O–H groups in total. The summed E-state index contributed by atoms with van der Waals surface area (Å²) in [5, 5.41) is 21.8. The van der Waals surface area contributed by atoms with Crippen molar-refractivity contribution in [2.75, 3.05) is 18.5 Å². The van der Waals surface area contributed by atoms with Crippen LogP contribution in [0.3, 0.4) is 0 Å². The maximum absolute atomic E-state index is 9.20. The number of aromatic nitrogens is 2. The lowest BCUT2D eigenvalue weighted by atomic mass is 10.2. The Balaban J connectivity index is 2.13. The third-order valence-corrected chi connectivity index (χ3v) is 2.26. The average Bonchev–Trinajstić information content (AvgIpc) is 2.35. The molecule has 0 spiro atoms. The van der Waals surface area contributed by atoms with Crippen molar-refractivity contribution >= 4 is 16.6 Å². The van der Waals surface area contributed by atoms with Crippen LogP contribution in [0.2, 0.25) is 0 Å². The van der Waals surface area contributed by atoms with Gasteiger partial charge in [0.1, 0.15) is 6.33 Å². The van der Waals surface area contributed by atoms with E-state index in [2.05, 4.69) is 15.3 Å². The maximum atomic E-state index is 9.20. The minimum absolute atomic E-state index is 0.246. The first kappa shape index (κ1) is 10.8. The van der Waals surface area contributed by atoms with Crippen LogP contribution >= 0.6 is 0 Å². The molecule has 0 aliphatic heterocycles. The van der Waals surface area contributed by atoms with Gasteiger partial charge in [0, 0.05) is 23.8 Å². The molecule has 5 heteroatoms. The predicted molar refractivity (Wildman–Crippen MR) is 61.1 cm³/mol. The van der Waals surface area contributed by atoms with Gasteiger partial charge in [0.05, 0.1) is 18.2 Å². The highest BCUT2D eigenvalue weighted by atomic mass is 16.3. The lowest BCUT2D eigenvalue weighted by Crippen LogP contribution is -2.22. The second-order valence-electron chi connectivity index (χ2n) is 3.51. The number of fused-ring (bicyclic) bond motifs is 1. The van der Waals surface area contributed by atoms with Crippen LogP contribution in [-0.2, 0) is 0 Å². The zero-order chi connectivity index (χ0) is 11.4. The van der Waals surface area contributed by atoms with Gasteiger partial charge in [-0.1, -0.05) is 0 Å². The maximum Gasteiger partial charge on any atom is 0.116 e. The number of hydrogen-bond donors (Lipinski definition) is 3. The van der Waals surface area contributed by atoms with Crippen LogP contribution in [0.4, 0.5) is 5.69 Å². The molecule has 1 aromatic heterocycles. The molecule has 5 nitrogen and oxygen atoms in total. The topological polar surface area (TPSA) is 78.3 Å². The first-order valence-electron chi connectivity index (χ1n) is 5.02. The normalized spacial score (nSPS) is 12.6. The Labute approximate surface area is 92.8 Å². The molecule has 84 valence electrons. The molecule has 1 aromatic carbocycles. The highest BCUT2D eigenvalue weighted by molar-refractivity contribution is 5.81. The van der Waals surface area contributed by atoms with E-state index in [9.17, 15) is 5.11 Å². The Bertz CT molecular complexity index is 475. The first-order chi connectivity index (χ1) is 7.79. The highest BCUT2D eigenvalue weighted by Crippen LogP contribution is 2.15. The SMILES string of the molecule is OCC(O)CNc1ccc2ncncc2c1. The summed E-state index contributed by atoms with van der Waals surface area (Å²) in [6, 6.07) is 5.66. The molecule has 0 aliphatic rings. The summed E-state index contributed by atoms with van der Waals surface area (Å²) < 4.78 is 0. The van der Waals surface area contributed by atoms with Crippen LogP contribution < -0.4 is 5.32 Å². The predicted octanol–water partition coefficient (Wildman–Crippen LogP) is 0.395. The van der Waals surface area contributed by atoms with E-state index in [1.807, 2.05) is 18.2 Å². The molecule has 0 bridgehead atoms. The molecule has 0 saturated heterocycles. The van der Waals surface area contributed by atoms with Crippen LogP contribution in [0, 0.1) is 0 Å². The molecule has 0 saturated carbocycles. The second kappa shape index (κ2) is 4.87. The number of anilines is 1. The van der Waals surface area contributed by atoms with Crippen LogP contribution in [0.1, 0.15) is 0 Å². The van der Waals surface area contributed by atoms with Crippen molar-refractivity contribution in [3.8, 4) is 0 Å². The molecule has 1 unspecified atom stereocenters. The summed E-state index contributed by atoms with van der Waals surface area (Å²) >= 11 is 0. The van der Waals surface area contributed by atoms with Crippen LogP contribution in [0.15, 0.2) is 30.7 Å². The lowest BCUT2D eigenvalue weighted by Gasteiger charge is -2.10. The summed E-state index contributed by atoms with van der Waals surface area (Å²) in [5.41, 5.74) is 1.75. The molecule has 0 radical (unpaired) electrons. The number of nitrogens with one attached hydrogen (secondary N) is 1. The average molecular weight is 219 g/mol. The van der Waals surface area contributed by atoms with Crippen molar-refractivity contribution in [3.63, 3.8) is 0 Å². The Hall–Kier alpha value is -1.72. The van der Waals surface area contributed by atoms with Gasteiger partial charge in [-0.05, 0) is 18.2 Å². The van der Waals surface area contributed by atoms with Crippen molar-refractivity contribution in [2.45, 2.75) is 6.10 Å². The fourth-order valence-corrected chi connectivity index (χ4v) is 1.39.